The Bertz CT molecular complexity index is 594. The Kier molecular flexibility index (Phi) is 4.32. The normalized spacial score (nSPS) is 10.3. The Morgan fingerprint density at radius 2 is 2.00 bits per heavy atom. The molecule has 0 saturated carbocycles. The summed E-state index contributed by atoms with van der Waals surface area (Å²) < 4.78 is 0.929. The minimum atomic E-state index is -0.142. The van der Waals surface area contributed by atoms with E-state index in [9.17, 15) is 4.79 Å². The number of halogens is 1. The van der Waals surface area contributed by atoms with Crippen molar-refractivity contribution < 1.29 is 4.79 Å². The average Bonchev–Trinajstić information content (AvgIpc) is 2.43. The largest absolute Gasteiger partial charge is 0.307 e. The molecule has 0 atom stereocenters. The number of pyridine rings is 1. The molecule has 98 valence electrons. The van der Waals surface area contributed by atoms with Crippen LogP contribution >= 0.6 is 15.9 Å². The van der Waals surface area contributed by atoms with Crippen molar-refractivity contribution in [2.24, 2.45) is 0 Å². The number of carbonyl (C=O) groups is 1. The Labute approximate surface area is 121 Å². The van der Waals surface area contributed by atoms with Gasteiger partial charge >= 0.3 is 0 Å². The van der Waals surface area contributed by atoms with E-state index >= 15 is 0 Å². The molecule has 0 spiro atoms. The molecule has 1 aromatic heterocycles. The summed E-state index contributed by atoms with van der Waals surface area (Å²) in [6.07, 6.45) is 2.65. The first kappa shape index (κ1) is 13.7. The Hall–Kier alpha value is -1.68. The molecule has 1 amide bonds. The highest BCUT2D eigenvalue weighted by Gasteiger charge is 2.07. The van der Waals surface area contributed by atoms with E-state index in [1.54, 1.807) is 6.20 Å². The quantitative estimate of drug-likeness (QED) is 0.930. The standard InChI is InChI=1S/C15H15BrN2O/c1-3-11-4-6-12(7-5-11)15(19)18-14-8-10(2)13(16)9-17-14/h4-9H,3H2,1-2H3,(H,17,18,19). The van der Waals surface area contributed by atoms with Crippen molar-refractivity contribution in [3.05, 3.63) is 57.7 Å². The second-order valence-electron chi connectivity index (χ2n) is 4.32. The molecule has 2 aromatic rings. The number of benzene rings is 1. The van der Waals surface area contributed by atoms with Gasteiger partial charge in [-0.3, -0.25) is 4.79 Å². The number of anilines is 1. The van der Waals surface area contributed by atoms with Gasteiger partial charge in [-0.15, -0.1) is 0 Å². The Morgan fingerprint density at radius 3 is 2.58 bits per heavy atom. The van der Waals surface area contributed by atoms with Crippen LogP contribution in [-0.4, -0.2) is 10.9 Å². The number of amides is 1. The summed E-state index contributed by atoms with van der Waals surface area (Å²) in [7, 11) is 0. The van der Waals surface area contributed by atoms with Crippen molar-refractivity contribution in [1.29, 1.82) is 0 Å². The highest BCUT2D eigenvalue weighted by molar-refractivity contribution is 9.10. The molecule has 0 unspecified atom stereocenters. The van der Waals surface area contributed by atoms with Crippen LogP contribution in [0.15, 0.2) is 41.0 Å². The number of aryl methyl sites for hydroxylation is 2. The second kappa shape index (κ2) is 5.97. The minimum Gasteiger partial charge on any atom is -0.307 e. The maximum atomic E-state index is 12.0. The summed E-state index contributed by atoms with van der Waals surface area (Å²) in [5.74, 6) is 0.419. The number of hydrogen-bond donors (Lipinski definition) is 1. The molecule has 0 bridgehead atoms. The van der Waals surface area contributed by atoms with Crippen molar-refractivity contribution in [3.8, 4) is 0 Å². The van der Waals surface area contributed by atoms with E-state index in [4.69, 9.17) is 0 Å². The summed E-state index contributed by atoms with van der Waals surface area (Å²) in [4.78, 5) is 16.2. The lowest BCUT2D eigenvalue weighted by atomic mass is 10.1. The zero-order valence-electron chi connectivity index (χ0n) is 10.9. The molecule has 2 rings (SSSR count). The van der Waals surface area contributed by atoms with E-state index in [1.807, 2.05) is 37.3 Å². The monoisotopic (exact) mass is 318 g/mol. The van der Waals surface area contributed by atoms with E-state index in [0.717, 1.165) is 16.5 Å². The highest BCUT2D eigenvalue weighted by atomic mass is 79.9. The fourth-order valence-electron chi connectivity index (χ4n) is 1.69. The average molecular weight is 319 g/mol. The molecule has 3 nitrogen and oxygen atoms in total. The molecule has 4 heteroatoms. The number of nitrogens with zero attached hydrogens (tertiary/aromatic N) is 1. The number of nitrogens with one attached hydrogen (secondary N) is 1. The van der Waals surface area contributed by atoms with Gasteiger partial charge in [0.2, 0.25) is 0 Å². The third kappa shape index (κ3) is 3.41. The van der Waals surface area contributed by atoms with Crippen LogP contribution in [0.5, 0.6) is 0 Å². The van der Waals surface area contributed by atoms with E-state index < -0.39 is 0 Å². The van der Waals surface area contributed by atoms with E-state index in [-0.39, 0.29) is 5.91 Å². The van der Waals surface area contributed by atoms with Crippen molar-refractivity contribution in [2.75, 3.05) is 5.32 Å². The van der Waals surface area contributed by atoms with Crippen molar-refractivity contribution >= 4 is 27.7 Å². The molecule has 0 aliphatic carbocycles. The summed E-state index contributed by atoms with van der Waals surface area (Å²) in [5, 5.41) is 2.79. The van der Waals surface area contributed by atoms with Gasteiger partial charge in [-0.2, -0.15) is 0 Å². The molecule has 19 heavy (non-hydrogen) atoms. The number of aromatic nitrogens is 1. The lowest BCUT2D eigenvalue weighted by Gasteiger charge is -2.06. The molecule has 1 N–H and O–H groups in total. The fourth-order valence-corrected chi connectivity index (χ4v) is 1.90. The smallest absolute Gasteiger partial charge is 0.256 e. The zero-order chi connectivity index (χ0) is 13.8. The summed E-state index contributed by atoms with van der Waals surface area (Å²) >= 11 is 3.38. The predicted molar refractivity (Wildman–Crippen MR) is 80.4 cm³/mol. The van der Waals surface area contributed by atoms with Gasteiger partial charge in [0.1, 0.15) is 5.82 Å². The topological polar surface area (TPSA) is 42.0 Å². The third-order valence-electron chi connectivity index (χ3n) is 2.91. The SMILES string of the molecule is CCc1ccc(C(=O)Nc2cc(C)c(Br)cn2)cc1. The molecule has 0 aliphatic heterocycles. The fraction of sp³-hybridized carbons (Fsp3) is 0.200. The Morgan fingerprint density at radius 1 is 1.32 bits per heavy atom. The van der Waals surface area contributed by atoms with Gasteiger partial charge in [-0.05, 0) is 58.6 Å². The lowest BCUT2D eigenvalue weighted by Crippen LogP contribution is -2.13. The van der Waals surface area contributed by atoms with Crippen LogP contribution in [0, 0.1) is 6.92 Å². The molecular weight excluding hydrogens is 304 g/mol. The molecule has 0 radical (unpaired) electrons. The lowest BCUT2D eigenvalue weighted by molar-refractivity contribution is 0.102. The van der Waals surface area contributed by atoms with Crippen LogP contribution in [0.1, 0.15) is 28.4 Å². The first-order valence-corrected chi connectivity index (χ1v) is 6.92. The van der Waals surface area contributed by atoms with Gasteiger partial charge in [-0.25, -0.2) is 4.98 Å². The van der Waals surface area contributed by atoms with E-state index in [1.165, 1.54) is 5.56 Å². The predicted octanol–water partition coefficient (Wildman–Crippen LogP) is 3.97. The van der Waals surface area contributed by atoms with Crippen LogP contribution in [0.25, 0.3) is 0 Å². The van der Waals surface area contributed by atoms with Crippen LogP contribution in [-0.2, 0) is 6.42 Å². The first-order valence-electron chi connectivity index (χ1n) is 6.12. The number of hydrogen-bond acceptors (Lipinski definition) is 2. The first-order chi connectivity index (χ1) is 9.10. The van der Waals surface area contributed by atoms with Gasteiger partial charge in [0.25, 0.3) is 5.91 Å². The van der Waals surface area contributed by atoms with Crippen molar-refractivity contribution in [3.63, 3.8) is 0 Å². The zero-order valence-corrected chi connectivity index (χ0v) is 12.5. The molecule has 0 aliphatic rings. The third-order valence-corrected chi connectivity index (χ3v) is 3.74. The molecular formula is C15H15BrN2O. The maximum Gasteiger partial charge on any atom is 0.256 e. The summed E-state index contributed by atoms with van der Waals surface area (Å²) in [6, 6.07) is 9.44. The Balaban J connectivity index is 2.13. The van der Waals surface area contributed by atoms with Gasteiger partial charge in [-0.1, -0.05) is 19.1 Å². The molecule has 0 fully saturated rings. The molecule has 1 aromatic carbocycles. The van der Waals surface area contributed by atoms with Crippen LogP contribution < -0.4 is 5.32 Å². The number of rotatable bonds is 3. The van der Waals surface area contributed by atoms with Gasteiger partial charge in [0, 0.05) is 16.2 Å². The van der Waals surface area contributed by atoms with Crippen LogP contribution in [0.4, 0.5) is 5.82 Å². The summed E-state index contributed by atoms with van der Waals surface area (Å²) in [5.41, 5.74) is 2.89. The maximum absolute atomic E-state index is 12.0. The molecule has 0 saturated heterocycles. The van der Waals surface area contributed by atoms with Gasteiger partial charge in [0.15, 0.2) is 0 Å². The van der Waals surface area contributed by atoms with E-state index in [0.29, 0.717) is 11.4 Å². The van der Waals surface area contributed by atoms with Gasteiger partial charge in [0.05, 0.1) is 0 Å². The van der Waals surface area contributed by atoms with Crippen LogP contribution in [0.2, 0.25) is 0 Å². The van der Waals surface area contributed by atoms with Crippen LogP contribution in [0.3, 0.4) is 0 Å². The summed E-state index contributed by atoms with van der Waals surface area (Å²) in [6.45, 7) is 4.04. The minimum absolute atomic E-state index is 0.142. The highest BCUT2D eigenvalue weighted by Crippen LogP contribution is 2.17. The van der Waals surface area contributed by atoms with Gasteiger partial charge < -0.3 is 5.32 Å². The van der Waals surface area contributed by atoms with Crippen molar-refractivity contribution in [2.45, 2.75) is 20.3 Å². The van der Waals surface area contributed by atoms with Crippen molar-refractivity contribution in [1.82, 2.24) is 4.98 Å². The van der Waals surface area contributed by atoms with E-state index in [2.05, 4.69) is 33.2 Å². The number of carbonyl (C=O) groups excluding carboxylic acids is 1. The molecule has 1 heterocycles. The second-order valence-corrected chi connectivity index (χ2v) is 5.18.